The molecule has 0 radical (unpaired) electrons. The molecule has 0 aliphatic carbocycles. The molecule has 1 aromatic carbocycles. The van der Waals surface area contributed by atoms with Gasteiger partial charge in [-0.1, -0.05) is 0 Å². The molecule has 1 aliphatic heterocycles. The molecule has 116 valence electrons. The maximum atomic E-state index is 11.4. The molecule has 0 saturated carbocycles. The van der Waals surface area contributed by atoms with Crippen LogP contribution >= 0.6 is 0 Å². The van der Waals surface area contributed by atoms with Crippen LogP contribution in [0.3, 0.4) is 0 Å². The second-order valence-corrected chi connectivity index (χ2v) is 5.78. The van der Waals surface area contributed by atoms with E-state index in [1.165, 1.54) is 24.8 Å². The molecule has 2 aromatic rings. The topological polar surface area (TPSA) is 57.3 Å². The van der Waals surface area contributed by atoms with Crippen molar-refractivity contribution in [3.05, 3.63) is 29.8 Å². The number of carbonyl (C=O) groups excluding carboxylic acids is 1. The van der Waals surface area contributed by atoms with Gasteiger partial charge in [0.25, 0.3) is 0 Å². The fourth-order valence-corrected chi connectivity index (χ4v) is 2.93. The van der Waals surface area contributed by atoms with Gasteiger partial charge in [-0.3, -0.25) is 0 Å². The summed E-state index contributed by atoms with van der Waals surface area (Å²) in [5, 5.41) is 6.43. The average molecular weight is 298 g/mol. The molecule has 0 spiro atoms. The number of hydrogen-bond acceptors (Lipinski definition) is 3. The Hall–Kier alpha value is -2.30. The Kier molecular flexibility index (Phi) is 4.13. The van der Waals surface area contributed by atoms with Crippen LogP contribution in [-0.2, 0) is 0 Å². The first-order valence-corrected chi connectivity index (χ1v) is 7.82. The van der Waals surface area contributed by atoms with Crippen LogP contribution < -0.4 is 15.5 Å². The standard InChI is InChI=1S/C17H22N4O/c1-12-10-16(21-8-4-3-5-9-21)20-15-7-6-13(11-14(12)15)19-17(22)18-2/h6-7,10-11H,3-5,8-9H2,1-2H3,(H2,18,19,22). The molecule has 2 amide bonds. The number of nitrogens with one attached hydrogen (secondary N) is 2. The molecule has 3 rings (SSSR count). The number of amides is 2. The van der Waals surface area contributed by atoms with Gasteiger partial charge >= 0.3 is 6.03 Å². The molecule has 2 N–H and O–H groups in total. The fourth-order valence-electron chi connectivity index (χ4n) is 2.93. The second-order valence-electron chi connectivity index (χ2n) is 5.78. The zero-order valence-corrected chi connectivity index (χ0v) is 13.1. The maximum absolute atomic E-state index is 11.4. The predicted molar refractivity (Wildman–Crippen MR) is 90.6 cm³/mol. The van der Waals surface area contributed by atoms with Crippen LogP contribution in [0.15, 0.2) is 24.3 Å². The maximum Gasteiger partial charge on any atom is 0.318 e. The number of carbonyl (C=O) groups is 1. The van der Waals surface area contributed by atoms with Crippen LogP contribution in [-0.4, -0.2) is 31.2 Å². The summed E-state index contributed by atoms with van der Waals surface area (Å²) in [5.74, 6) is 1.07. The van der Waals surface area contributed by atoms with Crippen LogP contribution in [0.4, 0.5) is 16.3 Å². The van der Waals surface area contributed by atoms with Crippen molar-refractivity contribution in [3.63, 3.8) is 0 Å². The number of aromatic nitrogens is 1. The number of fused-ring (bicyclic) bond motifs is 1. The summed E-state index contributed by atoms with van der Waals surface area (Å²) in [7, 11) is 1.61. The van der Waals surface area contributed by atoms with E-state index in [0.717, 1.165) is 35.5 Å². The van der Waals surface area contributed by atoms with Gasteiger partial charge in [-0.05, 0) is 56.0 Å². The Labute approximate surface area is 130 Å². The third kappa shape index (κ3) is 2.98. The van der Waals surface area contributed by atoms with E-state index in [-0.39, 0.29) is 6.03 Å². The minimum Gasteiger partial charge on any atom is -0.357 e. The first kappa shape index (κ1) is 14.6. The molecular formula is C17H22N4O. The van der Waals surface area contributed by atoms with Crippen LogP contribution in [0, 0.1) is 6.92 Å². The van der Waals surface area contributed by atoms with Crippen molar-refractivity contribution in [2.24, 2.45) is 0 Å². The molecule has 0 bridgehead atoms. The van der Waals surface area contributed by atoms with Gasteiger partial charge < -0.3 is 15.5 Å². The summed E-state index contributed by atoms with van der Waals surface area (Å²) in [5.41, 5.74) is 2.94. The lowest BCUT2D eigenvalue weighted by Crippen LogP contribution is -2.30. The number of urea groups is 1. The number of pyridine rings is 1. The number of anilines is 2. The minimum absolute atomic E-state index is 0.213. The average Bonchev–Trinajstić information content (AvgIpc) is 2.56. The van der Waals surface area contributed by atoms with Crippen molar-refractivity contribution in [1.29, 1.82) is 0 Å². The van der Waals surface area contributed by atoms with Gasteiger partial charge in [0, 0.05) is 31.2 Å². The van der Waals surface area contributed by atoms with E-state index in [4.69, 9.17) is 4.98 Å². The Bertz CT molecular complexity index is 692. The Morgan fingerprint density at radius 2 is 1.95 bits per heavy atom. The van der Waals surface area contributed by atoms with E-state index >= 15 is 0 Å². The lowest BCUT2D eigenvalue weighted by atomic mass is 10.1. The summed E-state index contributed by atoms with van der Waals surface area (Å²) in [6, 6.07) is 7.78. The van der Waals surface area contributed by atoms with Gasteiger partial charge in [-0.25, -0.2) is 9.78 Å². The molecule has 2 heterocycles. The van der Waals surface area contributed by atoms with Crippen molar-refractivity contribution >= 4 is 28.4 Å². The number of benzene rings is 1. The monoisotopic (exact) mass is 298 g/mol. The number of hydrogen-bond donors (Lipinski definition) is 2. The number of nitrogens with zero attached hydrogens (tertiary/aromatic N) is 2. The summed E-state index contributed by atoms with van der Waals surface area (Å²) in [4.78, 5) is 18.6. The Morgan fingerprint density at radius 3 is 2.68 bits per heavy atom. The van der Waals surface area contributed by atoms with E-state index in [2.05, 4.69) is 28.5 Å². The van der Waals surface area contributed by atoms with Gasteiger partial charge in [0.2, 0.25) is 0 Å². The first-order chi connectivity index (χ1) is 10.7. The van der Waals surface area contributed by atoms with Crippen LogP contribution in [0.2, 0.25) is 0 Å². The number of aryl methyl sites for hydroxylation is 1. The molecule has 1 aromatic heterocycles. The summed E-state index contributed by atoms with van der Waals surface area (Å²) in [6.45, 7) is 4.28. The fraction of sp³-hybridized carbons (Fsp3) is 0.412. The molecule has 0 unspecified atom stereocenters. The summed E-state index contributed by atoms with van der Waals surface area (Å²) >= 11 is 0. The molecule has 0 atom stereocenters. The van der Waals surface area contributed by atoms with Gasteiger partial charge in [0.05, 0.1) is 5.52 Å². The van der Waals surface area contributed by atoms with Crippen LogP contribution in [0.1, 0.15) is 24.8 Å². The van der Waals surface area contributed by atoms with Crippen molar-refractivity contribution in [1.82, 2.24) is 10.3 Å². The molecule has 1 aliphatic rings. The van der Waals surface area contributed by atoms with E-state index in [9.17, 15) is 4.79 Å². The highest BCUT2D eigenvalue weighted by Crippen LogP contribution is 2.26. The first-order valence-electron chi connectivity index (χ1n) is 7.82. The summed E-state index contributed by atoms with van der Waals surface area (Å²) in [6.07, 6.45) is 3.80. The van der Waals surface area contributed by atoms with E-state index in [1.54, 1.807) is 7.05 Å². The van der Waals surface area contributed by atoms with Crippen LogP contribution in [0.5, 0.6) is 0 Å². The number of piperidine rings is 1. The zero-order chi connectivity index (χ0) is 15.5. The predicted octanol–water partition coefficient (Wildman–Crippen LogP) is 3.28. The zero-order valence-electron chi connectivity index (χ0n) is 13.1. The molecule has 22 heavy (non-hydrogen) atoms. The van der Waals surface area contributed by atoms with E-state index < -0.39 is 0 Å². The van der Waals surface area contributed by atoms with Crippen molar-refractivity contribution in [3.8, 4) is 0 Å². The third-order valence-electron chi connectivity index (χ3n) is 4.17. The summed E-state index contributed by atoms with van der Waals surface area (Å²) < 4.78 is 0. The smallest absolute Gasteiger partial charge is 0.318 e. The number of rotatable bonds is 2. The Morgan fingerprint density at radius 1 is 1.18 bits per heavy atom. The SMILES string of the molecule is CNC(=O)Nc1ccc2nc(N3CCCCC3)cc(C)c2c1. The molecule has 5 nitrogen and oxygen atoms in total. The highest BCUT2D eigenvalue weighted by molar-refractivity contribution is 5.93. The molecule has 1 fully saturated rings. The lowest BCUT2D eigenvalue weighted by Gasteiger charge is -2.28. The molecule has 5 heteroatoms. The quantitative estimate of drug-likeness (QED) is 0.894. The van der Waals surface area contributed by atoms with Gasteiger partial charge in [-0.15, -0.1) is 0 Å². The van der Waals surface area contributed by atoms with Gasteiger partial charge in [0.1, 0.15) is 5.82 Å². The van der Waals surface area contributed by atoms with Gasteiger partial charge in [0.15, 0.2) is 0 Å². The van der Waals surface area contributed by atoms with E-state index in [1.807, 2.05) is 18.2 Å². The molecular weight excluding hydrogens is 276 g/mol. The minimum atomic E-state index is -0.213. The van der Waals surface area contributed by atoms with Crippen LogP contribution in [0.25, 0.3) is 10.9 Å². The highest BCUT2D eigenvalue weighted by atomic mass is 16.2. The van der Waals surface area contributed by atoms with E-state index in [0.29, 0.717) is 0 Å². The second kappa shape index (κ2) is 6.22. The molecule has 1 saturated heterocycles. The van der Waals surface area contributed by atoms with Crippen molar-refractivity contribution < 1.29 is 4.79 Å². The largest absolute Gasteiger partial charge is 0.357 e. The Balaban J connectivity index is 1.93. The highest BCUT2D eigenvalue weighted by Gasteiger charge is 2.14. The van der Waals surface area contributed by atoms with Crippen molar-refractivity contribution in [2.45, 2.75) is 26.2 Å². The van der Waals surface area contributed by atoms with Gasteiger partial charge in [-0.2, -0.15) is 0 Å². The normalized spacial score (nSPS) is 14.9. The van der Waals surface area contributed by atoms with Crippen molar-refractivity contribution in [2.75, 3.05) is 30.4 Å². The third-order valence-corrected chi connectivity index (χ3v) is 4.17. The lowest BCUT2D eigenvalue weighted by molar-refractivity contribution is 0.254.